The van der Waals surface area contributed by atoms with Crippen LogP contribution < -0.4 is 0 Å². The van der Waals surface area contributed by atoms with Crippen LogP contribution in [-0.2, 0) is 4.79 Å². The van der Waals surface area contributed by atoms with E-state index >= 15 is 0 Å². The van der Waals surface area contributed by atoms with E-state index in [0.717, 1.165) is 5.92 Å². The molecule has 94 valence electrons. The monoisotopic (exact) mass is 226 g/mol. The molecule has 0 spiro atoms. The van der Waals surface area contributed by atoms with Crippen molar-refractivity contribution in [2.45, 2.75) is 65.2 Å². The zero-order chi connectivity index (χ0) is 12.4. The zero-order valence-corrected chi connectivity index (χ0v) is 10.8. The van der Waals surface area contributed by atoms with E-state index in [1.807, 2.05) is 0 Å². The highest BCUT2D eigenvalue weighted by Crippen LogP contribution is 2.23. The quantitative estimate of drug-likeness (QED) is 0.708. The fourth-order valence-corrected chi connectivity index (χ4v) is 1.95. The Morgan fingerprint density at radius 2 is 1.56 bits per heavy atom. The average Bonchev–Trinajstić information content (AvgIpc) is 2.18. The summed E-state index contributed by atoms with van der Waals surface area (Å²) in [5.41, 5.74) is 0.176. The summed E-state index contributed by atoms with van der Waals surface area (Å²) < 4.78 is 0. The first-order valence-electron chi connectivity index (χ1n) is 6.46. The predicted octanol–water partition coefficient (Wildman–Crippen LogP) is 4.40. The Bertz CT molecular complexity index is 189. The van der Waals surface area contributed by atoms with Crippen LogP contribution in [0.25, 0.3) is 0 Å². The first-order chi connectivity index (χ1) is 7.57. The van der Waals surface area contributed by atoms with Crippen LogP contribution in [0.2, 0.25) is 0 Å². The van der Waals surface area contributed by atoms with Gasteiger partial charge in [0.2, 0.25) is 0 Å². The van der Waals surface area contributed by atoms with Gasteiger partial charge in [-0.3, -0.25) is 0 Å². The molecule has 0 aromatic carbocycles. The Labute approximate surface area is 99.7 Å². The lowest BCUT2D eigenvalue weighted by molar-refractivity contribution is -0.132. The summed E-state index contributed by atoms with van der Waals surface area (Å²) in [5, 5.41) is 7.89. The molecule has 1 saturated carbocycles. The normalized spacial score (nSPS) is 17.6. The van der Waals surface area contributed by atoms with E-state index in [1.54, 1.807) is 0 Å². The molecule has 0 aromatic rings. The van der Waals surface area contributed by atoms with E-state index in [4.69, 9.17) is 5.11 Å². The van der Waals surface area contributed by atoms with Crippen molar-refractivity contribution >= 4 is 5.97 Å². The third-order valence-corrected chi connectivity index (χ3v) is 3.17. The van der Waals surface area contributed by atoms with E-state index in [1.165, 1.54) is 58.3 Å². The zero-order valence-electron chi connectivity index (χ0n) is 10.8. The maximum Gasteiger partial charge on any atom is 0.330 e. The van der Waals surface area contributed by atoms with E-state index < -0.39 is 5.97 Å². The van der Waals surface area contributed by atoms with Crippen molar-refractivity contribution in [2.75, 3.05) is 0 Å². The Morgan fingerprint density at radius 1 is 1.19 bits per heavy atom. The molecule has 0 amide bonds. The van der Waals surface area contributed by atoms with Crippen LogP contribution in [0.5, 0.6) is 0 Å². The summed E-state index contributed by atoms with van der Waals surface area (Å²) in [6.07, 6.45) is 11.9. The molecule has 0 atom stereocenters. The minimum absolute atomic E-state index is 0.176. The molecule has 1 fully saturated rings. The van der Waals surface area contributed by atoms with Gasteiger partial charge in [0.1, 0.15) is 0 Å². The third-order valence-electron chi connectivity index (χ3n) is 3.17. The van der Waals surface area contributed by atoms with Gasteiger partial charge in [0, 0.05) is 5.57 Å². The molecule has 2 heteroatoms. The fraction of sp³-hybridized carbons (Fsp3) is 0.786. The number of rotatable bonds is 2. The van der Waals surface area contributed by atoms with Crippen molar-refractivity contribution in [3.8, 4) is 0 Å². The minimum Gasteiger partial charge on any atom is -0.478 e. The molecule has 0 unspecified atom stereocenters. The van der Waals surface area contributed by atoms with Crippen molar-refractivity contribution in [1.29, 1.82) is 0 Å². The summed E-state index contributed by atoms with van der Waals surface area (Å²) in [7, 11) is 0. The Balaban J connectivity index is 0.000000325. The van der Waals surface area contributed by atoms with E-state index in [0.29, 0.717) is 0 Å². The van der Waals surface area contributed by atoms with Crippen LogP contribution in [-0.4, -0.2) is 11.1 Å². The van der Waals surface area contributed by atoms with Gasteiger partial charge in [0.15, 0.2) is 0 Å². The van der Waals surface area contributed by atoms with Crippen LogP contribution in [0.15, 0.2) is 12.2 Å². The molecule has 1 aliphatic rings. The fourth-order valence-electron chi connectivity index (χ4n) is 1.95. The Kier molecular flexibility index (Phi) is 8.97. The Hall–Kier alpha value is -0.790. The highest BCUT2D eigenvalue weighted by Gasteiger charge is 2.07. The molecule has 0 bridgehead atoms. The molecule has 1 rings (SSSR count). The molecular formula is C14H26O2. The minimum atomic E-state index is -0.935. The van der Waals surface area contributed by atoms with Gasteiger partial charge >= 0.3 is 5.97 Å². The van der Waals surface area contributed by atoms with Crippen LogP contribution in [0, 0.1) is 5.92 Å². The third kappa shape index (κ3) is 8.51. The topological polar surface area (TPSA) is 37.3 Å². The largest absolute Gasteiger partial charge is 0.478 e. The molecule has 0 radical (unpaired) electrons. The molecule has 0 aromatic heterocycles. The second kappa shape index (κ2) is 9.44. The maximum atomic E-state index is 9.60. The first-order valence-corrected chi connectivity index (χ1v) is 6.46. The molecule has 1 N–H and O–H groups in total. The molecule has 0 saturated heterocycles. The number of carboxylic acids is 1. The van der Waals surface area contributed by atoms with Gasteiger partial charge in [0.25, 0.3) is 0 Å². The van der Waals surface area contributed by atoms with E-state index in [2.05, 4.69) is 13.5 Å². The second-order valence-electron chi connectivity index (χ2n) is 4.70. The van der Waals surface area contributed by atoms with Gasteiger partial charge in [-0.1, -0.05) is 64.9 Å². The van der Waals surface area contributed by atoms with Gasteiger partial charge < -0.3 is 5.11 Å². The van der Waals surface area contributed by atoms with Gasteiger partial charge in [0.05, 0.1) is 0 Å². The van der Waals surface area contributed by atoms with Crippen molar-refractivity contribution in [3.05, 3.63) is 12.2 Å². The molecule has 1 aliphatic carbocycles. The maximum absolute atomic E-state index is 9.60. The second-order valence-corrected chi connectivity index (χ2v) is 4.70. The van der Waals surface area contributed by atoms with E-state index in [-0.39, 0.29) is 5.57 Å². The number of carboxylic acid groups (broad SMARTS) is 1. The number of aliphatic carboxylic acids is 1. The summed E-state index contributed by atoms with van der Waals surface area (Å²) in [6.45, 7) is 6.94. The smallest absolute Gasteiger partial charge is 0.330 e. The van der Waals surface area contributed by atoms with Crippen LogP contribution >= 0.6 is 0 Å². The van der Waals surface area contributed by atoms with Gasteiger partial charge in [-0.05, 0) is 12.8 Å². The summed E-state index contributed by atoms with van der Waals surface area (Å²) in [4.78, 5) is 9.60. The molecule has 16 heavy (non-hydrogen) atoms. The summed E-state index contributed by atoms with van der Waals surface area (Å²) in [6, 6.07) is 0. The molecule has 0 aliphatic heterocycles. The first kappa shape index (κ1) is 15.2. The van der Waals surface area contributed by atoms with Crippen molar-refractivity contribution in [2.24, 2.45) is 5.92 Å². The lowest BCUT2D eigenvalue weighted by atomic mass is 9.90. The Morgan fingerprint density at radius 3 is 1.88 bits per heavy atom. The molecule has 0 heterocycles. The summed E-state index contributed by atoms with van der Waals surface area (Å²) in [5.74, 6) is 0.135. The van der Waals surface area contributed by atoms with Gasteiger partial charge in [-0.15, -0.1) is 0 Å². The molecular weight excluding hydrogens is 200 g/mol. The van der Waals surface area contributed by atoms with Gasteiger partial charge in [-0.25, -0.2) is 4.79 Å². The highest BCUT2D eigenvalue weighted by molar-refractivity contribution is 5.84. The number of carbonyl (C=O) groups is 1. The average molecular weight is 226 g/mol. The lowest BCUT2D eigenvalue weighted by Gasteiger charge is -2.17. The lowest BCUT2D eigenvalue weighted by Crippen LogP contribution is -2.01. The standard InChI is InChI=1S/C10H20.C4H6O2/c1-2-10-8-6-4-3-5-7-9-10;1-3(2)4(5)6/h10H,2-9H2,1H3;1H2,2H3,(H,5,6). The highest BCUT2D eigenvalue weighted by atomic mass is 16.4. The van der Waals surface area contributed by atoms with Crippen LogP contribution in [0.4, 0.5) is 0 Å². The van der Waals surface area contributed by atoms with Crippen molar-refractivity contribution < 1.29 is 9.90 Å². The van der Waals surface area contributed by atoms with Gasteiger partial charge in [-0.2, -0.15) is 0 Å². The number of hydrogen-bond acceptors (Lipinski definition) is 1. The molecule has 2 nitrogen and oxygen atoms in total. The SMILES string of the molecule is C=C(C)C(=O)O.CCC1CCCCCCC1. The predicted molar refractivity (Wildman–Crippen MR) is 68.5 cm³/mol. The number of hydrogen-bond donors (Lipinski definition) is 1. The van der Waals surface area contributed by atoms with Crippen molar-refractivity contribution in [3.63, 3.8) is 0 Å². The van der Waals surface area contributed by atoms with E-state index in [9.17, 15) is 4.79 Å². The summed E-state index contributed by atoms with van der Waals surface area (Å²) >= 11 is 0. The van der Waals surface area contributed by atoms with Crippen LogP contribution in [0.3, 0.4) is 0 Å². The van der Waals surface area contributed by atoms with Crippen molar-refractivity contribution in [1.82, 2.24) is 0 Å². The van der Waals surface area contributed by atoms with Crippen LogP contribution in [0.1, 0.15) is 65.2 Å².